The molecule has 0 saturated heterocycles. The lowest BCUT2D eigenvalue weighted by atomic mass is 9.85. The second-order valence-corrected chi connectivity index (χ2v) is 7.94. The van der Waals surface area contributed by atoms with Gasteiger partial charge in [0, 0.05) is 18.2 Å². The van der Waals surface area contributed by atoms with Gasteiger partial charge in [0.05, 0.1) is 7.11 Å². The Labute approximate surface area is 197 Å². The molecule has 0 radical (unpaired) electrons. The molecule has 1 aromatic heterocycles. The van der Waals surface area contributed by atoms with Crippen molar-refractivity contribution in [3.8, 4) is 11.5 Å². The van der Waals surface area contributed by atoms with Crippen LogP contribution in [0.15, 0.2) is 60.8 Å². The summed E-state index contributed by atoms with van der Waals surface area (Å²) in [6.07, 6.45) is 0.690. The van der Waals surface area contributed by atoms with E-state index in [-0.39, 0.29) is 23.2 Å². The number of methoxy groups -OCH3 is 1. The van der Waals surface area contributed by atoms with Crippen molar-refractivity contribution in [3.63, 3.8) is 0 Å². The Morgan fingerprint density at radius 1 is 1.09 bits per heavy atom. The Morgan fingerprint density at radius 2 is 1.79 bits per heavy atom. The summed E-state index contributed by atoms with van der Waals surface area (Å²) >= 11 is 0. The molecule has 7 nitrogen and oxygen atoms in total. The first kappa shape index (κ1) is 24.7. The van der Waals surface area contributed by atoms with Crippen LogP contribution in [-0.2, 0) is 9.53 Å². The van der Waals surface area contributed by atoms with Gasteiger partial charge in [0.25, 0.3) is 5.91 Å². The molecule has 1 amide bonds. The van der Waals surface area contributed by atoms with Gasteiger partial charge in [-0.1, -0.05) is 36.4 Å². The SMILES string of the molecule is COc1ccnc(C(=O)N[C@@H](C)C(=O)O[C@@H](C)[C@H](c2ccccc2)c2ccc(F)cc2C)c1O. The van der Waals surface area contributed by atoms with E-state index in [1.165, 1.54) is 38.4 Å². The number of ether oxygens (including phenoxy) is 2. The highest BCUT2D eigenvalue weighted by molar-refractivity contribution is 5.97. The number of pyridine rings is 1. The van der Waals surface area contributed by atoms with Gasteiger partial charge >= 0.3 is 5.97 Å². The summed E-state index contributed by atoms with van der Waals surface area (Å²) in [4.78, 5) is 29.2. The number of halogens is 1. The first-order chi connectivity index (χ1) is 16.2. The molecule has 0 aliphatic carbocycles. The van der Waals surface area contributed by atoms with E-state index in [9.17, 15) is 19.1 Å². The van der Waals surface area contributed by atoms with Gasteiger partial charge in [0.1, 0.15) is 18.0 Å². The summed E-state index contributed by atoms with van der Waals surface area (Å²) in [5, 5.41) is 12.6. The number of aromatic nitrogens is 1. The van der Waals surface area contributed by atoms with Crippen molar-refractivity contribution in [2.24, 2.45) is 0 Å². The summed E-state index contributed by atoms with van der Waals surface area (Å²) < 4.78 is 24.4. The fourth-order valence-corrected chi connectivity index (χ4v) is 3.80. The van der Waals surface area contributed by atoms with Gasteiger partial charge in [-0.15, -0.1) is 0 Å². The highest BCUT2D eigenvalue weighted by Gasteiger charge is 2.29. The molecule has 0 aliphatic heterocycles. The minimum Gasteiger partial charge on any atom is -0.503 e. The average Bonchev–Trinajstić information content (AvgIpc) is 2.81. The number of nitrogens with zero attached hydrogens (tertiary/aromatic N) is 1. The fraction of sp³-hybridized carbons (Fsp3) is 0.269. The summed E-state index contributed by atoms with van der Waals surface area (Å²) in [5.74, 6) is -2.44. The monoisotopic (exact) mass is 466 g/mol. The second-order valence-electron chi connectivity index (χ2n) is 7.94. The molecular formula is C26H27FN2O5. The predicted octanol–water partition coefficient (Wildman–Crippen LogP) is 4.13. The van der Waals surface area contributed by atoms with Crippen LogP contribution in [0, 0.1) is 12.7 Å². The van der Waals surface area contributed by atoms with Crippen LogP contribution in [0.3, 0.4) is 0 Å². The van der Waals surface area contributed by atoms with E-state index in [0.717, 1.165) is 16.7 Å². The number of esters is 1. The topological polar surface area (TPSA) is 97.8 Å². The number of rotatable bonds is 8. The number of aryl methyl sites for hydroxylation is 1. The molecule has 0 saturated carbocycles. The van der Waals surface area contributed by atoms with Crippen molar-refractivity contribution in [2.45, 2.75) is 38.8 Å². The molecule has 0 aliphatic rings. The van der Waals surface area contributed by atoms with Gasteiger partial charge in [-0.2, -0.15) is 0 Å². The maximum atomic E-state index is 13.7. The second kappa shape index (κ2) is 10.8. The number of nitrogens with one attached hydrogen (secondary N) is 1. The Bertz CT molecular complexity index is 1170. The van der Waals surface area contributed by atoms with Crippen molar-refractivity contribution in [2.75, 3.05) is 7.11 Å². The van der Waals surface area contributed by atoms with Crippen molar-refractivity contribution >= 4 is 11.9 Å². The zero-order valence-electron chi connectivity index (χ0n) is 19.4. The molecular weight excluding hydrogens is 439 g/mol. The first-order valence-corrected chi connectivity index (χ1v) is 10.8. The van der Waals surface area contributed by atoms with E-state index < -0.39 is 29.8 Å². The molecule has 0 bridgehead atoms. The highest BCUT2D eigenvalue weighted by Crippen LogP contribution is 2.32. The standard InChI is InChI=1S/C26H27FN2O5/c1-15-14-19(27)10-11-20(15)22(18-8-6-5-7-9-18)17(3)34-26(32)16(2)29-25(31)23-24(30)21(33-4)12-13-28-23/h5-14,16-17,22,30H,1-4H3,(H,29,31)/t16-,17-,22+/m0/s1. The third-order valence-electron chi connectivity index (χ3n) is 5.52. The predicted molar refractivity (Wildman–Crippen MR) is 124 cm³/mol. The van der Waals surface area contributed by atoms with Gasteiger partial charge in [-0.05, 0) is 49.6 Å². The summed E-state index contributed by atoms with van der Waals surface area (Å²) in [6, 6.07) is 14.4. The number of carbonyl (C=O) groups excluding carboxylic acids is 2. The maximum absolute atomic E-state index is 13.7. The number of amides is 1. The number of hydrogen-bond donors (Lipinski definition) is 2. The Morgan fingerprint density at radius 3 is 2.44 bits per heavy atom. The molecule has 3 aromatic rings. The van der Waals surface area contributed by atoms with Gasteiger partial charge < -0.3 is 19.9 Å². The zero-order valence-corrected chi connectivity index (χ0v) is 19.4. The molecule has 3 atom stereocenters. The van der Waals surface area contributed by atoms with E-state index in [1.54, 1.807) is 19.9 Å². The van der Waals surface area contributed by atoms with Crippen LogP contribution in [0.25, 0.3) is 0 Å². The number of carbonyl (C=O) groups is 2. The summed E-state index contributed by atoms with van der Waals surface area (Å²) in [6.45, 7) is 5.03. The molecule has 178 valence electrons. The van der Waals surface area contributed by atoms with E-state index in [4.69, 9.17) is 9.47 Å². The Kier molecular flexibility index (Phi) is 7.83. The minimum atomic E-state index is -1.02. The van der Waals surface area contributed by atoms with E-state index in [0.29, 0.717) is 0 Å². The number of benzene rings is 2. The lowest BCUT2D eigenvalue weighted by Gasteiger charge is -2.27. The van der Waals surface area contributed by atoms with E-state index in [1.807, 2.05) is 30.3 Å². The largest absolute Gasteiger partial charge is 0.503 e. The van der Waals surface area contributed by atoms with Crippen molar-refractivity contribution in [1.29, 1.82) is 0 Å². The van der Waals surface area contributed by atoms with Crippen LogP contribution in [0.5, 0.6) is 11.5 Å². The normalized spacial score (nSPS) is 13.4. The van der Waals surface area contributed by atoms with Gasteiger partial charge in [0.15, 0.2) is 17.2 Å². The first-order valence-electron chi connectivity index (χ1n) is 10.8. The smallest absolute Gasteiger partial charge is 0.328 e. The third-order valence-corrected chi connectivity index (χ3v) is 5.52. The molecule has 0 spiro atoms. The lowest BCUT2D eigenvalue weighted by Crippen LogP contribution is -2.41. The highest BCUT2D eigenvalue weighted by atomic mass is 19.1. The average molecular weight is 467 g/mol. The zero-order chi connectivity index (χ0) is 24.8. The van der Waals surface area contributed by atoms with Crippen molar-refractivity contribution < 1.29 is 28.6 Å². The molecule has 2 aromatic carbocycles. The summed E-state index contributed by atoms with van der Waals surface area (Å²) in [7, 11) is 1.35. The van der Waals surface area contributed by atoms with Crippen molar-refractivity contribution in [1.82, 2.24) is 10.3 Å². The van der Waals surface area contributed by atoms with Gasteiger partial charge in [-0.3, -0.25) is 4.79 Å². The minimum absolute atomic E-state index is 0.0874. The van der Waals surface area contributed by atoms with Crippen LogP contribution in [0.2, 0.25) is 0 Å². The van der Waals surface area contributed by atoms with Crippen LogP contribution >= 0.6 is 0 Å². The van der Waals surface area contributed by atoms with Crippen molar-refractivity contribution in [3.05, 3.63) is 89.0 Å². The Hall–Kier alpha value is -3.94. The molecule has 0 fully saturated rings. The van der Waals surface area contributed by atoms with Crippen LogP contribution in [-0.4, -0.2) is 41.2 Å². The number of hydrogen-bond acceptors (Lipinski definition) is 6. The Balaban J connectivity index is 1.78. The lowest BCUT2D eigenvalue weighted by molar-refractivity contribution is -0.150. The summed E-state index contributed by atoms with van der Waals surface area (Å²) in [5.41, 5.74) is 2.20. The van der Waals surface area contributed by atoms with Crippen LogP contribution < -0.4 is 10.1 Å². The quantitative estimate of drug-likeness (QED) is 0.485. The molecule has 8 heteroatoms. The molecule has 0 unspecified atom stereocenters. The van der Waals surface area contributed by atoms with Gasteiger partial charge in [0.2, 0.25) is 0 Å². The fourth-order valence-electron chi connectivity index (χ4n) is 3.80. The number of aromatic hydroxyl groups is 1. The van der Waals surface area contributed by atoms with E-state index in [2.05, 4.69) is 10.3 Å². The maximum Gasteiger partial charge on any atom is 0.328 e. The third kappa shape index (κ3) is 5.51. The molecule has 34 heavy (non-hydrogen) atoms. The van der Waals surface area contributed by atoms with Crippen LogP contribution in [0.4, 0.5) is 4.39 Å². The van der Waals surface area contributed by atoms with Crippen LogP contribution in [0.1, 0.15) is 46.9 Å². The molecule has 2 N–H and O–H groups in total. The van der Waals surface area contributed by atoms with Gasteiger partial charge in [-0.25, -0.2) is 14.2 Å². The molecule has 3 rings (SSSR count). The van der Waals surface area contributed by atoms with E-state index >= 15 is 0 Å². The molecule has 1 heterocycles.